The van der Waals surface area contributed by atoms with Gasteiger partial charge in [0.25, 0.3) is 0 Å². The van der Waals surface area contributed by atoms with Gasteiger partial charge < -0.3 is 0 Å². The molecule has 0 atom stereocenters. The smallest absolute Gasteiger partial charge is 0.231 e. The molecule has 0 radical (unpaired) electrons. The number of benzene rings is 1. The molecular weight excluding hydrogens is 202 g/mol. The van der Waals surface area contributed by atoms with E-state index in [1.54, 1.807) is 24.3 Å². The summed E-state index contributed by atoms with van der Waals surface area (Å²) in [5.41, 5.74) is 0.422. The molecule has 2 rings (SSSR count). The molecule has 0 aliphatic carbocycles. The fourth-order valence-electron chi connectivity index (χ4n) is 1.09. The summed E-state index contributed by atoms with van der Waals surface area (Å²) < 4.78 is 0. The van der Waals surface area contributed by atoms with Crippen molar-refractivity contribution in [2.75, 3.05) is 0 Å². The SMILES string of the molecule is O=C(c1ncn[nH]1)c1ccccc1Cl. The van der Waals surface area contributed by atoms with E-state index in [0.29, 0.717) is 10.6 Å². The Bertz CT molecular complexity index is 453. The molecule has 0 aliphatic rings. The molecule has 1 N–H and O–H groups in total. The summed E-state index contributed by atoms with van der Waals surface area (Å²) >= 11 is 5.85. The zero-order valence-electron chi connectivity index (χ0n) is 7.07. The van der Waals surface area contributed by atoms with Crippen molar-refractivity contribution in [3.8, 4) is 0 Å². The summed E-state index contributed by atoms with van der Waals surface area (Å²) in [7, 11) is 0. The average Bonchev–Trinajstić information content (AvgIpc) is 2.70. The van der Waals surface area contributed by atoms with Crippen LogP contribution in [0, 0.1) is 0 Å². The third-order valence-corrected chi connectivity index (χ3v) is 2.08. The van der Waals surface area contributed by atoms with E-state index >= 15 is 0 Å². The molecule has 0 saturated heterocycles. The molecular formula is C9H6ClN3O. The van der Waals surface area contributed by atoms with Crippen LogP contribution in [0.15, 0.2) is 30.6 Å². The van der Waals surface area contributed by atoms with Gasteiger partial charge in [-0.1, -0.05) is 23.7 Å². The summed E-state index contributed by atoms with van der Waals surface area (Å²) in [6.45, 7) is 0. The van der Waals surface area contributed by atoms with Gasteiger partial charge >= 0.3 is 0 Å². The van der Waals surface area contributed by atoms with E-state index in [0.717, 1.165) is 0 Å². The minimum absolute atomic E-state index is 0.193. The number of H-pyrrole nitrogens is 1. The number of hydrogen-bond acceptors (Lipinski definition) is 3. The van der Waals surface area contributed by atoms with E-state index < -0.39 is 0 Å². The van der Waals surface area contributed by atoms with Gasteiger partial charge in [0.2, 0.25) is 5.78 Å². The van der Waals surface area contributed by atoms with Gasteiger partial charge in [-0.3, -0.25) is 9.89 Å². The monoisotopic (exact) mass is 207 g/mol. The highest BCUT2D eigenvalue weighted by Gasteiger charge is 2.14. The van der Waals surface area contributed by atoms with Gasteiger partial charge in [0.1, 0.15) is 6.33 Å². The lowest BCUT2D eigenvalue weighted by molar-refractivity contribution is 0.103. The van der Waals surface area contributed by atoms with Crippen LogP contribution < -0.4 is 0 Å². The van der Waals surface area contributed by atoms with Crippen LogP contribution in [0.5, 0.6) is 0 Å². The van der Waals surface area contributed by atoms with Gasteiger partial charge in [-0.25, -0.2) is 4.98 Å². The van der Waals surface area contributed by atoms with Gasteiger partial charge in [-0.05, 0) is 12.1 Å². The minimum atomic E-state index is -0.256. The number of hydrogen-bond donors (Lipinski definition) is 1. The molecule has 0 spiro atoms. The summed E-state index contributed by atoms with van der Waals surface area (Å²) in [6, 6.07) is 6.81. The molecule has 0 fully saturated rings. The number of aromatic amines is 1. The molecule has 1 heterocycles. The molecule has 2 aromatic rings. The van der Waals surface area contributed by atoms with Crippen molar-refractivity contribution in [3.05, 3.63) is 47.0 Å². The highest BCUT2D eigenvalue weighted by Crippen LogP contribution is 2.16. The first-order valence-corrected chi connectivity index (χ1v) is 4.31. The second-order valence-electron chi connectivity index (χ2n) is 2.64. The van der Waals surface area contributed by atoms with Crippen molar-refractivity contribution >= 4 is 17.4 Å². The Balaban J connectivity index is 2.42. The molecule has 0 saturated carbocycles. The predicted molar refractivity (Wildman–Crippen MR) is 51.3 cm³/mol. The second-order valence-corrected chi connectivity index (χ2v) is 3.05. The number of ketones is 1. The number of aromatic nitrogens is 3. The number of rotatable bonds is 2. The van der Waals surface area contributed by atoms with E-state index in [4.69, 9.17) is 11.6 Å². The van der Waals surface area contributed by atoms with Gasteiger partial charge in [-0.15, -0.1) is 0 Å². The van der Waals surface area contributed by atoms with E-state index in [1.165, 1.54) is 6.33 Å². The Morgan fingerprint density at radius 3 is 2.79 bits per heavy atom. The molecule has 1 aromatic heterocycles. The Morgan fingerprint density at radius 2 is 2.14 bits per heavy atom. The first kappa shape index (κ1) is 8.90. The summed E-state index contributed by atoms with van der Waals surface area (Å²) in [5.74, 6) is -0.0637. The normalized spacial score (nSPS) is 10.1. The fraction of sp³-hybridized carbons (Fsp3) is 0. The van der Waals surface area contributed by atoms with E-state index in [1.807, 2.05) is 0 Å². The van der Waals surface area contributed by atoms with Crippen molar-refractivity contribution in [1.82, 2.24) is 15.2 Å². The Kier molecular flexibility index (Phi) is 2.28. The molecule has 4 nitrogen and oxygen atoms in total. The van der Waals surface area contributed by atoms with Crippen molar-refractivity contribution < 1.29 is 4.79 Å². The van der Waals surface area contributed by atoms with E-state index in [-0.39, 0.29) is 11.6 Å². The first-order valence-electron chi connectivity index (χ1n) is 3.93. The van der Waals surface area contributed by atoms with Crippen LogP contribution in [0.2, 0.25) is 5.02 Å². The van der Waals surface area contributed by atoms with E-state index in [2.05, 4.69) is 15.2 Å². The number of halogens is 1. The maximum atomic E-state index is 11.7. The average molecular weight is 208 g/mol. The lowest BCUT2D eigenvalue weighted by atomic mass is 10.1. The molecule has 0 aliphatic heterocycles. The number of nitrogens with one attached hydrogen (secondary N) is 1. The maximum absolute atomic E-state index is 11.7. The Morgan fingerprint density at radius 1 is 1.36 bits per heavy atom. The Hall–Kier alpha value is -1.68. The third-order valence-electron chi connectivity index (χ3n) is 1.75. The number of carbonyl (C=O) groups excluding carboxylic acids is 1. The molecule has 5 heteroatoms. The van der Waals surface area contributed by atoms with Crippen LogP contribution in [-0.2, 0) is 0 Å². The van der Waals surface area contributed by atoms with Gasteiger partial charge in [0, 0.05) is 5.56 Å². The molecule has 14 heavy (non-hydrogen) atoms. The zero-order chi connectivity index (χ0) is 9.97. The van der Waals surface area contributed by atoms with Crippen molar-refractivity contribution in [2.45, 2.75) is 0 Å². The van der Waals surface area contributed by atoms with Gasteiger partial charge in [0.05, 0.1) is 5.02 Å². The lowest BCUT2D eigenvalue weighted by Gasteiger charge is -1.98. The first-order chi connectivity index (χ1) is 6.79. The van der Waals surface area contributed by atoms with Crippen LogP contribution >= 0.6 is 11.6 Å². The maximum Gasteiger partial charge on any atom is 0.231 e. The number of nitrogens with zero attached hydrogens (tertiary/aromatic N) is 2. The van der Waals surface area contributed by atoms with Crippen molar-refractivity contribution in [1.29, 1.82) is 0 Å². The zero-order valence-corrected chi connectivity index (χ0v) is 7.82. The Labute approximate surface area is 84.9 Å². The topological polar surface area (TPSA) is 58.6 Å². The largest absolute Gasteiger partial charge is 0.285 e. The standard InChI is InChI=1S/C9H6ClN3O/c10-7-4-2-1-3-6(7)8(14)9-11-5-12-13-9/h1-5H,(H,11,12,13). The van der Waals surface area contributed by atoms with Gasteiger partial charge in [0.15, 0.2) is 5.82 Å². The van der Waals surface area contributed by atoms with E-state index in [9.17, 15) is 4.79 Å². The molecule has 0 unspecified atom stereocenters. The predicted octanol–water partition coefficient (Wildman–Crippen LogP) is 1.69. The highest BCUT2D eigenvalue weighted by molar-refractivity contribution is 6.34. The van der Waals surface area contributed by atoms with Crippen molar-refractivity contribution in [2.24, 2.45) is 0 Å². The van der Waals surface area contributed by atoms with Crippen molar-refractivity contribution in [3.63, 3.8) is 0 Å². The molecule has 70 valence electrons. The molecule has 1 aromatic carbocycles. The fourth-order valence-corrected chi connectivity index (χ4v) is 1.31. The molecule has 0 amide bonds. The van der Waals surface area contributed by atoms with Crippen LogP contribution in [0.3, 0.4) is 0 Å². The number of carbonyl (C=O) groups is 1. The molecule has 0 bridgehead atoms. The third kappa shape index (κ3) is 1.52. The van der Waals surface area contributed by atoms with Crippen LogP contribution in [0.1, 0.15) is 16.2 Å². The van der Waals surface area contributed by atoms with Crippen LogP contribution in [0.4, 0.5) is 0 Å². The van der Waals surface area contributed by atoms with Crippen LogP contribution in [-0.4, -0.2) is 21.0 Å². The summed E-state index contributed by atoms with van der Waals surface area (Å²) in [5, 5.41) is 6.50. The summed E-state index contributed by atoms with van der Waals surface area (Å²) in [4.78, 5) is 15.5. The second kappa shape index (κ2) is 3.59. The van der Waals surface area contributed by atoms with Gasteiger partial charge in [-0.2, -0.15) is 5.10 Å². The van der Waals surface area contributed by atoms with Crippen LogP contribution in [0.25, 0.3) is 0 Å². The summed E-state index contributed by atoms with van der Waals surface area (Å²) in [6.07, 6.45) is 1.28. The highest BCUT2D eigenvalue weighted by atomic mass is 35.5. The lowest BCUT2D eigenvalue weighted by Crippen LogP contribution is -2.04. The minimum Gasteiger partial charge on any atom is -0.285 e. The quantitative estimate of drug-likeness (QED) is 0.763.